The van der Waals surface area contributed by atoms with Crippen molar-refractivity contribution in [3.63, 3.8) is 0 Å². The number of hydrogen-bond donors (Lipinski definition) is 1. The van der Waals surface area contributed by atoms with E-state index in [0.29, 0.717) is 41.3 Å². The van der Waals surface area contributed by atoms with Crippen molar-refractivity contribution in [2.24, 2.45) is 0 Å². The molecule has 3 aliphatic rings. The van der Waals surface area contributed by atoms with Gasteiger partial charge in [-0.2, -0.15) is 34.6 Å². The summed E-state index contributed by atoms with van der Waals surface area (Å²) >= 11 is 7.17. The summed E-state index contributed by atoms with van der Waals surface area (Å²) < 4.78 is 105. The predicted octanol–water partition coefficient (Wildman–Crippen LogP) is 10.4. The van der Waals surface area contributed by atoms with Crippen molar-refractivity contribution >= 4 is 69.1 Å². The third kappa shape index (κ3) is 8.90. The molecule has 1 aliphatic carbocycles. The van der Waals surface area contributed by atoms with Gasteiger partial charge < -0.3 is 4.90 Å². The van der Waals surface area contributed by atoms with Gasteiger partial charge in [0.1, 0.15) is 6.54 Å². The molecule has 0 saturated carbocycles. The smallest absolute Gasteiger partial charge is 0.344 e. The molecule has 2 aromatic rings. The van der Waals surface area contributed by atoms with E-state index in [0.717, 1.165) is 75.7 Å². The second-order valence-corrected chi connectivity index (χ2v) is 20.7. The van der Waals surface area contributed by atoms with E-state index in [-0.39, 0.29) is 17.9 Å². The Hall–Kier alpha value is -2.72. The fourth-order valence-corrected chi connectivity index (χ4v) is 10.0. The first-order chi connectivity index (χ1) is 25.5. The lowest BCUT2D eigenvalue weighted by Crippen LogP contribution is -2.38. The first-order valence-corrected chi connectivity index (χ1v) is 23.0. The second kappa shape index (κ2) is 16.3. The van der Waals surface area contributed by atoms with E-state index in [1.807, 2.05) is 50.3 Å². The van der Waals surface area contributed by atoms with Gasteiger partial charge in [-0.3, -0.25) is 8.86 Å². The van der Waals surface area contributed by atoms with Gasteiger partial charge in [0.05, 0.1) is 16.9 Å². The van der Waals surface area contributed by atoms with E-state index in [1.54, 1.807) is 12.2 Å². The van der Waals surface area contributed by atoms with Crippen LogP contribution in [0.3, 0.4) is 0 Å². The Labute approximate surface area is 340 Å². The lowest BCUT2D eigenvalue weighted by Gasteiger charge is -2.27. The van der Waals surface area contributed by atoms with Gasteiger partial charge in [0, 0.05) is 63.5 Å². The molecule has 0 atom stereocenters. The maximum atomic E-state index is 14.1. The Bertz CT molecular complexity index is 2220. The Morgan fingerprint density at radius 3 is 2.18 bits per heavy atom. The maximum absolute atomic E-state index is 14.1. The van der Waals surface area contributed by atoms with Crippen LogP contribution in [0.2, 0.25) is 0 Å². The Morgan fingerprint density at radius 2 is 1.55 bits per heavy atom. The highest BCUT2D eigenvalue weighted by Gasteiger charge is 2.51. The van der Waals surface area contributed by atoms with E-state index in [4.69, 9.17) is 0 Å². The number of benzene rings is 2. The molecule has 2 aliphatic heterocycles. The minimum atomic E-state index is -5.73. The SMILES string of the molecule is CCCCC[N+]1=C(/C=C/C2=C(N(C)S(=O)(=O)C(F)(F)F)C(=C/C=C3/N(CCCCS(=O)(=O)O)c4ccc(Br)cc4C3(C)C)/CC2)C(C)(C)c2cc(Br)ccc21. The molecule has 0 spiro atoms. The van der Waals surface area contributed by atoms with Gasteiger partial charge in [-0.15, -0.1) is 0 Å². The van der Waals surface area contributed by atoms with E-state index < -0.39 is 36.5 Å². The fraction of sp³-hybridized carbons (Fsp3) is 0.475. The molecule has 0 fully saturated rings. The van der Waals surface area contributed by atoms with Crippen molar-refractivity contribution < 1.29 is 39.1 Å². The minimum Gasteiger partial charge on any atom is -0.344 e. The highest BCUT2D eigenvalue weighted by atomic mass is 79.9. The molecular formula is C40H49Br2F3N3O5S2+. The molecule has 55 heavy (non-hydrogen) atoms. The lowest BCUT2D eigenvalue weighted by atomic mass is 9.81. The van der Waals surface area contributed by atoms with Crippen molar-refractivity contribution in [2.45, 2.75) is 95.9 Å². The number of alkyl halides is 3. The molecule has 2 aromatic carbocycles. The van der Waals surface area contributed by atoms with Crippen LogP contribution in [0.1, 0.15) is 90.7 Å². The van der Waals surface area contributed by atoms with E-state index in [2.05, 4.69) is 74.2 Å². The molecule has 0 saturated heterocycles. The minimum absolute atomic E-state index is 0.00427. The summed E-state index contributed by atoms with van der Waals surface area (Å²) in [5.41, 5.74) is 0.308. The molecule has 5 rings (SSSR count). The van der Waals surface area contributed by atoms with Crippen LogP contribution in [-0.2, 0) is 31.0 Å². The third-order valence-electron chi connectivity index (χ3n) is 10.9. The van der Waals surface area contributed by atoms with Crippen LogP contribution in [0, 0.1) is 0 Å². The molecular weight excluding hydrogens is 883 g/mol. The van der Waals surface area contributed by atoms with Crippen LogP contribution in [0.15, 0.2) is 92.2 Å². The van der Waals surface area contributed by atoms with Gasteiger partial charge in [0.2, 0.25) is 5.69 Å². The number of unbranched alkanes of at least 4 members (excludes halogenated alkanes) is 3. The topological polar surface area (TPSA) is 98.0 Å². The van der Waals surface area contributed by atoms with Crippen LogP contribution < -0.4 is 4.90 Å². The molecule has 0 amide bonds. The fourth-order valence-electron chi connectivity index (χ4n) is 7.93. The highest BCUT2D eigenvalue weighted by Crippen LogP contribution is 2.49. The number of sulfonamides is 1. The normalized spacial score (nSPS) is 19.7. The first-order valence-electron chi connectivity index (χ1n) is 18.4. The van der Waals surface area contributed by atoms with Crippen molar-refractivity contribution in [3.8, 4) is 0 Å². The summed E-state index contributed by atoms with van der Waals surface area (Å²) in [6.45, 7) is 11.6. The third-order valence-corrected chi connectivity index (χ3v) is 14.1. The van der Waals surface area contributed by atoms with Crippen molar-refractivity contribution in [1.82, 2.24) is 4.31 Å². The van der Waals surface area contributed by atoms with Crippen LogP contribution in [0.25, 0.3) is 0 Å². The zero-order valence-corrected chi connectivity index (χ0v) is 36.8. The molecule has 0 unspecified atom stereocenters. The number of hydrogen-bond acceptors (Lipinski definition) is 5. The molecule has 0 bridgehead atoms. The zero-order valence-electron chi connectivity index (χ0n) is 32.0. The van der Waals surface area contributed by atoms with Gasteiger partial charge in [-0.25, -0.2) is 0 Å². The Balaban J connectivity index is 1.62. The van der Waals surface area contributed by atoms with Crippen LogP contribution in [-0.4, -0.2) is 67.4 Å². The number of fused-ring (bicyclic) bond motifs is 2. The number of likely N-dealkylation sites (N-methyl/N-ethyl adjacent to an activating group) is 1. The second-order valence-electron chi connectivity index (χ2n) is 15.3. The van der Waals surface area contributed by atoms with Gasteiger partial charge in [0.25, 0.3) is 10.1 Å². The summed E-state index contributed by atoms with van der Waals surface area (Å²) in [6, 6.07) is 12.0. The number of anilines is 1. The van der Waals surface area contributed by atoms with Crippen molar-refractivity contribution in [2.75, 3.05) is 30.8 Å². The first kappa shape index (κ1) is 43.4. The molecule has 0 aromatic heterocycles. The molecule has 15 heteroatoms. The summed E-state index contributed by atoms with van der Waals surface area (Å²) in [5, 5.41) is 0. The average Bonchev–Trinajstić information content (AvgIpc) is 3.64. The molecule has 8 nitrogen and oxygen atoms in total. The monoisotopic (exact) mass is 930 g/mol. The van der Waals surface area contributed by atoms with Gasteiger partial charge in [-0.05, 0) is 99.1 Å². The van der Waals surface area contributed by atoms with E-state index in [9.17, 15) is 34.6 Å². The van der Waals surface area contributed by atoms with Gasteiger partial charge >= 0.3 is 15.5 Å². The van der Waals surface area contributed by atoms with Crippen LogP contribution in [0.4, 0.5) is 24.5 Å². The molecule has 300 valence electrons. The quantitative estimate of drug-likeness (QED) is 0.115. The zero-order chi connectivity index (χ0) is 40.7. The highest BCUT2D eigenvalue weighted by molar-refractivity contribution is 9.10. The molecule has 1 N–H and O–H groups in total. The average molecular weight is 933 g/mol. The Kier molecular flexibility index (Phi) is 12.8. The molecule has 0 radical (unpaired) electrons. The lowest BCUT2D eigenvalue weighted by molar-refractivity contribution is -0.438. The number of halogens is 5. The maximum Gasteiger partial charge on any atom is 0.516 e. The number of allylic oxidation sites excluding steroid dienone is 7. The number of nitrogens with zero attached hydrogens (tertiary/aromatic N) is 3. The predicted molar refractivity (Wildman–Crippen MR) is 221 cm³/mol. The standard InChI is InChI=1S/C40H48Br2F3N3O5S2/c1-7-8-9-22-47-33-18-16-29(41)25-31(33)38(2,3)35(47)20-14-27-12-13-28(37(27)46(6)55(52,53)40(43,44)45)15-21-36-39(4,5)32-26-30(42)17-19-34(32)48(36)23-10-11-24-54(49,50)51/h14-21,25-26H,7-13,22-24H2,1-6H3/p+1. The van der Waals surface area contributed by atoms with Gasteiger partial charge in [0.15, 0.2) is 5.71 Å². The summed E-state index contributed by atoms with van der Waals surface area (Å²) in [4.78, 5) is 2.06. The Morgan fingerprint density at radius 1 is 0.891 bits per heavy atom. The van der Waals surface area contributed by atoms with E-state index >= 15 is 0 Å². The number of rotatable bonds is 14. The van der Waals surface area contributed by atoms with Crippen molar-refractivity contribution in [1.29, 1.82) is 0 Å². The van der Waals surface area contributed by atoms with Gasteiger partial charge in [-0.1, -0.05) is 71.2 Å². The summed E-state index contributed by atoms with van der Waals surface area (Å²) in [6.07, 6.45) is 11.6. The van der Waals surface area contributed by atoms with Crippen LogP contribution in [0.5, 0.6) is 0 Å². The van der Waals surface area contributed by atoms with Crippen LogP contribution >= 0.6 is 31.9 Å². The van der Waals surface area contributed by atoms with E-state index in [1.165, 1.54) is 0 Å². The summed E-state index contributed by atoms with van der Waals surface area (Å²) in [5.74, 6) is -0.374. The van der Waals surface area contributed by atoms with Crippen molar-refractivity contribution in [3.05, 3.63) is 103 Å². The summed E-state index contributed by atoms with van der Waals surface area (Å²) in [7, 11) is -8.90. The molecule has 2 heterocycles. The largest absolute Gasteiger partial charge is 0.516 e.